The van der Waals surface area contributed by atoms with Crippen molar-refractivity contribution in [1.29, 1.82) is 0 Å². The number of pyridine rings is 1. The van der Waals surface area contributed by atoms with Crippen molar-refractivity contribution in [3.05, 3.63) is 18.3 Å². The Hall–Kier alpha value is -0.770. The van der Waals surface area contributed by atoms with Gasteiger partial charge in [-0.15, -0.1) is 0 Å². The Morgan fingerprint density at radius 1 is 1.44 bits per heavy atom. The molecule has 0 amide bonds. The molecule has 0 spiro atoms. The first kappa shape index (κ1) is 13.3. The highest BCUT2D eigenvalue weighted by Gasteiger charge is 2.10. The van der Waals surface area contributed by atoms with Gasteiger partial charge >= 0.3 is 0 Å². The SMILES string of the molecule is COc1ccc(N(CCCBr)C(C)C)nc1. The lowest BCUT2D eigenvalue weighted by atomic mass is 10.3. The molecule has 1 rings (SSSR count). The van der Waals surface area contributed by atoms with Crippen LogP contribution in [-0.4, -0.2) is 30.0 Å². The molecule has 0 fully saturated rings. The summed E-state index contributed by atoms with van der Waals surface area (Å²) in [5.74, 6) is 1.81. The van der Waals surface area contributed by atoms with Gasteiger partial charge in [-0.05, 0) is 32.4 Å². The molecule has 0 unspecified atom stereocenters. The van der Waals surface area contributed by atoms with Gasteiger partial charge < -0.3 is 9.64 Å². The number of nitrogens with zero attached hydrogens (tertiary/aromatic N) is 2. The molecule has 1 aromatic rings. The highest BCUT2D eigenvalue weighted by atomic mass is 79.9. The molecule has 4 heteroatoms. The molecule has 3 nitrogen and oxygen atoms in total. The van der Waals surface area contributed by atoms with Crippen molar-refractivity contribution in [2.45, 2.75) is 26.3 Å². The molecular formula is C12H19BrN2O. The summed E-state index contributed by atoms with van der Waals surface area (Å²) in [6.45, 7) is 5.38. The summed E-state index contributed by atoms with van der Waals surface area (Å²) in [6, 6.07) is 4.42. The van der Waals surface area contributed by atoms with Crippen LogP contribution < -0.4 is 9.64 Å². The van der Waals surface area contributed by atoms with Crippen molar-refractivity contribution >= 4 is 21.7 Å². The van der Waals surface area contributed by atoms with Gasteiger partial charge in [0.05, 0.1) is 13.3 Å². The minimum Gasteiger partial charge on any atom is -0.495 e. The molecule has 0 saturated heterocycles. The number of rotatable bonds is 6. The van der Waals surface area contributed by atoms with Gasteiger partial charge in [0.2, 0.25) is 0 Å². The molecule has 1 heterocycles. The Morgan fingerprint density at radius 3 is 2.62 bits per heavy atom. The first-order valence-corrected chi connectivity index (χ1v) is 6.64. The zero-order valence-corrected chi connectivity index (χ0v) is 11.7. The zero-order valence-electron chi connectivity index (χ0n) is 10.1. The summed E-state index contributed by atoms with van der Waals surface area (Å²) in [6.07, 6.45) is 2.88. The van der Waals surface area contributed by atoms with Gasteiger partial charge in [0.25, 0.3) is 0 Å². The zero-order chi connectivity index (χ0) is 12.0. The van der Waals surface area contributed by atoms with Gasteiger partial charge in [-0.2, -0.15) is 0 Å². The third kappa shape index (κ3) is 3.67. The van der Waals surface area contributed by atoms with E-state index in [2.05, 4.69) is 39.7 Å². The van der Waals surface area contributed by atoms with E-state index in [1.165, 1.54) is 0 Å². The van der Waals surface area contributed by atoms with Crippen LogP contribution in [0.5, 0.6) is 5.75 Å². The largest absolute Gasteiger partial charge is 0.495 e. The topological polar surface area (TPSA) is 25.4 Å². The Kier molecular flexibility index (Phi) is 5.60. The summed E-state index contributed by atoms with van der Waals surface area (Å²) < 4.78 is 5.10. The second kappa shape index (κ2) is 6.74. The lowest BCUT2D eigenvalue weighted by molar-refractivity contribution is 0.413. The lowest BCUT2D eigenvalue weighted by Gasteiger charge is -2.27. The predicted octanol–water partition coefficient (Wildman–Crippen LogP) is 3.09. The minimum atomic E-state index is 0.458. The molecule has 0 saturated carbocycles. The number of aromatic nitrogens is 1. The van der Waals surface area contributed by atoms with Crippen LogP contribution in [0.3, 0.4) is 0 Å². The van der Waals surface area contributed by atoms with Crippen LogP contribution in [0.25, 0.3) is 0 Å². The van der Waals surface area contributed by atoms with Crippen LogP contribution in [0.2, 0.25) is 0 Å². The molecule has 0 radical (unpaired) electrons. The number of alkyl halides is 1. The molecule has 90 valence electrons. The highest BCUT2D eigenvalue weighted by Crippen LogP contribution is 2.18. The molecule has 0 atom stereocenters. The number of anilines is 1. The third-order valence-corrected chi connectivity index (χ3v) is 2.97. The molecular weight excluding hydrogens is 268 g/mol. The second-order valence-corrected chi connectivity index (χ2v) is 4.68. The predicted molar refractivity (Wildman–Crippen MR) is 71.7 cm³/mol. The standard InChI is InChI=1S/C12H19BrN2O/c1-10(2)15(8-4-7-13)12-6-5-11(16-3)9-14-12/h5-6,9-10H,4,7-8H2,1-3H3. The molecule has 16 heavy (non-hydrogen) atoms. The third-order valence-electron chi connectivity index (χ3n) is 2.41. The summed E-state index contributed by atoms with van der Waals surface area (Å²) in [5, 5.41) is 1.02. The summed E-state index contributed by atoms with van der Waals surface area (Å²) in [5.41, 5.74) is 0. The van der Waals surface area contributed by atoms with Crippen LogP contribution >= 0.6 is 15.9 Å². The highest BCUT2D eigenvalue weighted by molar-refractivity contribution is 9.09. The monoisotopic (exact) mass is 286 g/mol. The fourth-order valence-electron chi connectivity index (χ4n) is 1.53. The molecule has 1 aromatic heterocycles. The summed E-state index contributed by atoms with van der Waals surface area (Å²) in [4.78, 5) is 6.70. The summed E-state index contributed by atoms with van der Waals surface area (Å²) in [7, 11) is 1.65. The fourth-order valence-corrected chi connectivity index (χ4v) is 1.78. The normalized spacial score (nSPS) is 10.6. The first-order valence-electron chi connectivity index (χ1n) is 5.51. The van der Waals surface area contributed by atoms with Crippen LogP contribution in [0.4, 0.5) is 5.82 Å². The maximum Gasteiger partial charge on any atom is 0.137 e. The number of hydrogen-bond acceptors (Lipinski definition) is 3. The van der Waals surface area contributed by atoms with Crippen molar-refractivity contribution in [2.75, 3.05) is 23.9 Å². The Bertz CT molecular complexity index is 300. The van der Waals surface area contributed by atoms with Gasteiger partial charge in [0.1, 0.15) is 11.6 Å². The Balaban J connectivity index is 2.75. The number of methoxy groups -OCH3 is 1. The van der Waals surface area contributed by atoms with Crippen LogP contribution in [-0.2, 0) is 0 Å². The van der Waals surface area contributed by atoms with Crippen molar-refractivity contribution in [3.63, 3.8) is 0 Å². The van der Waals surface area contributed by atoms with Gasteiger partial charge in [0, 0.05) is 17.9 Å². The van der Waals surface area contributed by atoms with E-state index >= 15 is 0 Å². The average Bonchev–Trinajstić information content (AvgIpc) is 2.30. The quantitative estimate of drug-likeness (QED) is 0.752. The van der Waals surface area contributed by atoms with E-state index in [0.717, 1.165) is 29.9 Å². The molecule has 0 aliphatic heterocycles. The van der Waals surface area contributed by atoms with E-state index < -0.39 is 0 Å². The average molecular weight is 287 g/mol. The maximum atomic E-state index is 5.10. The van der Waals surface area contributed by atoms with Gasteiger partial charge in [0.15, 0.2) is 0 Å². The second-order valence-electron chi connectivity index (χ2n) is 3.89. The van der Waals surface area contributed by atoms with Crippen molar-refractivity contribution < 1.29 is 4.74 Å². The van der Waals surface area contributed by atoms with E-state index in [4.69, 9.17) is 4.74 Å². The van der Waals surface area contributed by atoms with E-state index in [-0.39, 0.29) is 0 Å². The van der Waals surface area contributed by atoms with Crippen LogP contribution in [0, 0.1) is 0 Å². The molecule has 0 aliphatic carbocycles. The number of ether oxygens (including phenoxy) is 1. The van der Waals surface area contributed by atoms with Gasteiger partial charge in [-0.3, -0.25) is 0 Å². The Morgan fingerprint density at radius 2 is 2.19 bits per heavy atom. The van der Waals surface area contributed by atoms with Crippen LogP contribution in [0.15, 0.2) is 18.3 Å². The van der Waals surface area contributed by atoms with E-state index in [1.54, 1.807) is 13.3 Å². The maximum absolute atomic E-state index is 5.10. The van der Waals surface area contributed by atoms with Gasteiger partial charge in [-0.1, -0.05) is 15.9 Å². The molecule has 0 bridgehead atoms. The Labute approximate surface area is 106 Å². The van der Waals surface area contributed by atoms with Crippen molar-refractivity contribution in [3.8, 4) is 5.75 Å². The molecule has 0 aliphatic rings. The molecule has 0 aromatic carbocycles. The van der Waals surface area contributed by atoms with E-state index in [0.29, 0.717) is 6.04 Å². The first-order chi connectivity index (χ1) is 7.69. The number of hydrogen-bond donors (Lipinski definition) is 0. The molecule has 0 N–H and O–H groups in total. The smallest absolute Gasteiger partial charge is 0.137 e. The van der Waals surface area contributed by atoms with Crippen molar-refractivity contribution in [2.24, 2.45) is 0 Å². The van der Waals surface area contributed by atoms with Crippen LogP contribution in [0.1, 0.15) is 20.3 Å². The van der Waals surface area contributed by atoms with Crippen molar-refractivity contribution in [1.82, 2.24) is 4.98 Å². The van der Waals surface area contributed by atoms with Gasteiger partial charge in [-0.25, -0.2) is 4.98 Å². The fraction of sp³-hybridized carbons (Fsp3) is 0.583. The number of halogens is 1. The lowest BCUT2D eigenvalue weighted by Crippen LogP contribution is -2.32. The minimum absolute atomic E-state index is 0.458. The van der Waals surface area contributed by atoms with E-state index in [9.17, 15) is 0 Å². The van der Waals surface area contributed by atoms with E-state index in [1.807, 2.05) is 12.1 Å². The summed E-state index contributed by atoms with van der Waals surface area (Å²) >= 11 is 3.46.